The largest absolute Gasteiger partial charge is 0.154 e. The summed E-state index contributed by atoms with van der Waals surface area (Å²) in [6.07, 6.45) is 3.91. The zero-order valence-electron chi connectivity index (χ0n) is 11.0. The lowest BCUT2D eigenvalue weighted by Crippen LogP contribution is -2.01. The summed E-state index contributed by atoms with van der Waals surface area (Å²) in [7, 11) is 0. The fraction of sp³-hybridized carbons (Fsp3) is 0.200. The maximum absolute atomic E-state index is 4.47. The highest BCUT2D eigenvalue weighted by atomic mass is 15.5. The van der Waals surface area contributed by atoms with Crippen LogP contribution in [0, 0.1) is 0 Å². The van der Waals surface area contributed by atoms with Gasteiger partial charge in [-0.05, 0) is 44.1 Å². The summed E-state index contributed by atoms with van der Waals surface area (Å²) in [6, 6.07) is 7.85. The third-order valence-electron chi connectivity index (χ3n) is 3.04. The number of allylic oxidation sites excluding steroid dienone is 5. The molecule has 0 N–H and O–H groups in total. The molecule has 92 valence electrons. The molecule has 1 aromatic heterocycles. The lowest BCUT2D eigenvalue weighted by atomic mass is 10.1. The molecule has 2 rings (SSSR count). The Morgan fingerprint density at radius 2 is 1.72 bits per heavy atom. The third-order valence-corrected chi connectivity index (χ3v) is 3.04. The van der Waals surface area contributed by atoms with Crippen molar-refractivity contribution in [1.29, 1.82) is 0 Å². The second kappa shape index (κ2) is 5.00. The first-order valence-electron chi connectivity index (χ1n) is 5.96. The van der Waals surface area contributed by atoms with Gasteiger partial charge >= 0.3 is 0 Å². The Morgan fingerprint density at radius 3 is 2.17 bits per heavy atom. The Balaban J connectivity index is 2.59. The summed E-state index contributed by atoms with van der Waals surface area (Å²) < 4.78 is 0. The highest BCUT2D eigenvalue weighted by Gasteiger charge is 2.07. The summed E-state index contributed by atoms with van der Waals surface area (Å²) in [5.74, 6) is 0. The molecule has 0 radical (unpaired) electrons. The summed E-state index contributed by atoms with van der Waals surface area (Å²) in [5, 5.41) is 8.94. The van der Waals surface area contributed by atoms with Crippen molar-refractivity contribution in [1.82, 2.24) is 15.0 Å². The van der Waals surface area contributed by atoms with Crippen LogP contribution in [0.2, 0.25) is 0 Å². The molecular weight excluding hydrogens is 222 g/mol. The standard InChI is InChI=1S/C15H17N3/c1-5-11(3)13(6-2)12(4)18-16-14-9-7-8-10-15(14)17-18/h5-10H,2H2,1,3-4H3/b11-5-,13-12+. The first-order chi connectivity index (χ1) is 8.67. The molecule has 3 heteroatoms. The lowest BCUT2D eigenvalue weighted by molar-refractivity contribution is 0.776. The first-order valence-corrected chi connectivity index (χ1v) is 5.96. The molecule has 0 atom stereocenters. The van der Waals surface area contributed by atoms with Crippen LogP contribution in [0.5, 0.6) is 0 Å². The Kier molecular flexibility index (Phi) is 3.42. The van der Waals surface area contributed by atoms with Gasteiger partial charge in [-0.2, -0.15) is 4.80 Å². The molecule has 2 aromatic rings. The fourth-order valence-electron chi connectivity index (χ4n) is 1.87. The molecule has 0 spiro atoms. The summed E-state index contributed by atoms with van der Waals surface area (Å²) in [4.78, 5) is 1.68. The Morgan fingerprint density at radius 1 is 1.17 bits per heavy atom. The van der Waals surface area contributed by atoms with Crippen molar-refractivity contribution in [2.24, 2.45) is 0 Å². The predicted octanol–water partition coefficient (Wildman–Crippen LogP) is 3.81. The number of benzene rings is 1. The Hall–Kier alpha value is -2.16. The van der Waals surface area contributed by atoms with E-state index in [9.17, 15) is 0 Å². The molecule has 0 bridgehead atoms. The second-order valence-corrected chi connectivity index (χ2v) is 4.15. The van der Waals surface area contributed by atoms with Crippen molar-refractivity contribution < 1.29 is 0 Å². The molecule has 0 aliphatic rings. The quantitative estimate of drug-likeness (QED) is 0.762. The fourth-order valence-corrected chi connectivity index (χ4v) is 1.87. The first kappa shape index (κ1) is 12.3. The molecule has 0 aliphatic heterocycles. The maximum atomic E-state index is 4.47. The highest BCUT2D eigenvalue weighted by Crippen LogP contribution is 2.19. The number of hydrogen-bond acceptors (Lipinski definition) is 2. The molecule has 0 unspecified atom stereocenters. The smallest absolute Gasteiger partial charge is 0.113 e. The zero-order chi connectivity index (χ0) is 13.1. The van der Waals surface area contributed by atoms with Crippen molar-refractivity contribution in [2.75, 3.05) is 0 Å². The van der Waals surface area contributed by atoms with Gasteiger partial charge in [0.15, 0.2) is 0 Å². The van der Waals surface area contributed by atoms with E-state index in [0.717, 1.165) is 22.3 Å². The van der Waals surface area contributed by atoms with Gasteiger partial charge in [0, 0.05) is 0 Å². The monoisotopic (exact) mass is 239 g/mol. The van der Waals surface area contributed by atoms with Crippen LogP contribution < -0.4 is 0 Å². The van der Waals surface area contributed by atoms with Gasteiger partial charge < -0.3 is 0 Å². The molecule has 0 amide bonds. The van der Waals surface area contributed by atoms with Crippen molar-refractivity contribution in [2.45, 2.75) is 20.8 Å². The van der Waals surface area contributed by atoms with E-state index in [2.05, 4.69) is 29.8 Å². The van der Waals surface area contributed by atoms with Crippen LogP contribution in [0.15, 0.2) is 54.1 Å². The SMILES string of the molecule is C=CC(/C(C)=C\C)=C(/C)n1nc2ccccc2n1. The van der Waals surface area contributed by atoms with Crippen molar-refractivity contribution in [3.8, 4) is 0 Å². The van der Waals surface area contributed by atoms with Crippen LogP contribution >= 0.6 is 0 Å². The Bertz CT molecular complexity index is 612. The normalized spacial score (nSPS) is 13.6. The van der Waals surface area contributed by atoms with E-state index in [1.807, 2.05) is 44.2 Å². The lowest BCUT2D eigenvalue weighted by Gasteiger charge is -2.07. The summed E-state index contributed by atoms with van der Waals surface area (Å²) in [6.45, 7) is 9.94. The van der Waals surface area contributed by atoms with Crippen molar-refractivity contribution in [3.05, 3.63) is 54.1 Å². The van der Waals surface area contributed by atoms with E-state index in [0.29, 0.717) is 0 Å². The molecule has 0 fully saturated rings. The van der Waals surface area contributed by atoms with E-state index in [-0.39, 0.29) is 0 Å². The summed E-state index contributed by atoms with van der Waals surface area (Å²) in [5.41, 5.74) is 5.02. The van der Waals surface area contributed by atoms with Gasteiger partial charge in [-0.1, -0.05) is 30.9 Å². The molecule has 1 heterocycles. The van der Waals surface area contributed by atoms with Gasteiger partial charge in [-0.25, -0.2) is 0 Å². The Labute approximate surface area is 107 Å². The van der Waals surface area contributed by atoms with Gasteiger partial charge in [0.25, 0.3) is 0 Å². The second-order valence-electron chi connectivity index (χ2n) is 4.15. The minimum atomic E-state index is 0.901. The molecule has 0 saturated heterocycles. The summed E-state index contributed by atoms with van der Waals surface area (Å²) >= 11 is 0. The van der Waals surface area contributed by atoms with Gasteiger partial charge in [-0.15, -0.1) is 10.2 Å². The molecule has 1 aromatic carbocycles. The minimum absolute atomic E-state index is 0.901. The molecule has 3 nitrogen and oxygen atoms in total. The van der Waals surface area contributed by atoms with Crippen LogP contribution in [0.25, 0.3) is 16.7 Å². The van der Waals surface area contributed by atoms with Crippen molar-refractivity contribution in [3.63, 3.8) is 0 Å². The molecule has 0 aliphatic carbocycles. The van der Waals surface area contributed by atoms with E-state index in [1.165, 1.54) is 5.57 Å². The number of hydrogen-bond donors (Lipinski definition) is 0. The number of rotatable bonds is 3. The number of aromatic nitrogens is 3. The maximum Gasteiger partial charge on any atom is 0.113 e. The van der Waals surface area contributed by atoms with Crippen LogP contribution in [0.3, 0.4) is 0 Å². The van der Waals surface area contributed by atoms with Crippen molar-refractivity contribution >= 4 is 16.7 Å². The van der Waals surface area contributed by atoms with Gasteiger partial charge in [0.2, 0.25) is 0 Å². The average molecular weight is 239 g/mol. The third kappa shape index (κ3) is 2.12. The van der Waals surface area contributed by atoms with Crippen LogP contribution in [0.4, 0.5) is 0 Å². The van der Waals surface area contributed by atoms with E-state index in [1.54, 1.807) is 4.80 Å². The van der Waals surface area contributed by atoms with E-state index < -0.39 is 0 Å². The average Bonchev–Trinajstić information content (AvgIpc) is 2.82. The van der Waals surface area contributed by atoms with E-state index in [4.69, 9.17) is 0 Å². The van der Waals surface area contributed by atoms with Gasteiger partial charge in [0.1, 0.15) is 11.0 Å². The number of nitrogens with zero attached hydrogens (tertiary/aromatic N) is 3. The van der Waals surface area contributed by atoms with Gasteiger partial charge in [0.05, 0.1) is 5.70 Å². The minimum Gasteiger partial charge on any atom is -0.154 e. The van der Waals surface area contributed by atoms with Gasteiger partial charge in [-0.3, -0.25) is 0 Å². The zero-order valence-corrected chi connectivity index (χ0v) is 11.0. The molecule has 18 heavy (non-hydrogen) atoms. The molecule has 0 saturated carbocycles. The topological polar surface area (TPSA) is 30.7 Å². The predicted molar refractivity (Wildman–Crippen MR) is 76.0 cm³/mol. The number of fused-ring (bicyclic) bond motifs is 1. The van der Waals surface area contributed by atoms with E-state index >= 15 is 0 Å². The molecular formula is C15H17N3. The van der Waals surface area contributed by atoms with Crippen LogP contribution in [0.1, 0.15) is 20.8 Å². The highest BCUT2D eigenvalue weighted by molar-refractivity contribution is 5.74. The van der Waals surface area contributed by atoms with Crippen LogP contribution in [-0.2, 0) is 0 Å². The van der Waals surface area contributed by atoms with Crippen LogP contribution in [-0.4, -0.2) is 15.0 Å².